The second-order valence-corrected chi connectivity index (χ2v) is 5.14. The summed E-state index contributed by atoms with van der Waals surface area (Å²) >= 11 is 6.07. The Labute approximate surface area is 125 Å². The fourth-order valence-corrected chi connectivity index (χ4v) is 2.39. The van der Waals surface area contributed by atoms with Gasteiger partial charge in [-0.1, -0.05) is 17.7 Å². The summed E-state index contributed by atoms with van der Waals surface area (Å²) in [5.74, 6) is -1.85. The average Bonchev–Trinajstić information content (AvgIpc) is 2.40. The standard InChI is InChI=1S/C13H14ClN3O4/c14-9-3-7(12(15)19)1-2-8(9)5-17-6-11(18)16-4-10(17)13(20)21/h1-3,10H,4-6H2,(H2,15,19)(H,16,18)(H,20,21). The number of carboxylic acids is 1. The number of primary amides is 1. The number of hydrogen-bond acceptors (Lipinski definition) is 4. The van der Waals surface area contributed by atoms with Crippen LogP contribution in [0.25, 0.3) is 0 Å². The van der Waals surface area contributed by atoms with E-state index in [1.54, 1.807) is 6.07 Å². The third-order valence-electron chi connectivity index (χ3n) is 3.28. The van der Waals surface area contributed by atoms with Crippen LogP contribution in [0.2, 0.25) is 5.02 Å². The maximum absolute atomic E-state index is 11.4. The number of hydrogen-bond donors (Lipinski definition) is 3. The molecule has 2 rings (SSSR count). The van der Waals surface area contributed by atoms with Crippen molar-refractivity contribution in [3.8, 4) is 0 Å². The lowest BCUT2D eigenvalue weighted by Gasteiger charge is -2.32. The van der Waals surface area contributed by atoms with E-state index >= 15 is 0 Å². The number of benzene rings is 1. The Balaban J connectivity index is 2.20. The van der Waals surface area contributed by atoms with Crippen molar-refractivity contribution >= 4 is 29.4 Å². The molecule has 1 aromatic rings. The van der Waals surface area contributed by atoms with Crippen LogP contribution in [-0.2, 0) is 16.1 Å². The summed E-state index contributed by atoms with van der Waals surface area (Å²) in [6, 6.07) is 3.74. The maximum Gasteiger partial charge on any atom is 0.322 e. The molecule has 0 aromatic heterocycles. The summed E-state index contributed by atoms with van der Waals surface area (Å²) in [6.07, 6.45) is 0. The van der Waals surface area contributed by atoms with Gasteiger partial charge in [0, 0.05) is 23.7 Å². The topological polar surface area (TPSA) is 113 Å². The summed E-state index contributed by atoms with van der Waals surface area (Å²) in [5.41, 5.74) is 6.06. The van der Waals surface area contributed by atoms with E-state index in [-0.39, 0.29) is 31.1 Å². The van der Waals surface area contributed by atoms with Crippen LogP contribution in [0.3, 0.4) is 0 Å². The van der Waals surface area contributed by atoms with Crippen LogP contribution in [0, 0.1) is 0 Å². The van der Waals surface area contributed by atoms with E-state index in [0.29, 0.717) is 10.6 Å². The van der Waals surface area contributed by atoms with Crippen molar-refractivity contribution in [2.24, 2.45) is 5.73 Å². The summed E-state index contributed by atoms with van der Waals surface area (Å²) < 4.78 is 0. The molecule has 8 heteroatoms. The number of nitrogens with zero attached hydrogens (tertiary/aromatic N) is 1. The van der Waals surface area contributed by atoms with Crippen LogP contribution in [0.5, 0.6) is 0 Å². The molecule has 1 fully saturated rings. The van der Waals surface area contributed by atoms with Crippen LogP contribution in [0.15, 0.2) is 18.2 Å². The molecule has 1 aliphatic heterocycles. The number of nitrogens with two attached hydrogens (primary N) is 1. The minimum Gasteiger partial charge on any atom is -0.480 e. The quantitative estimate of drug-likeness (QED) is 0.714. The highest BCUT2D eigenvalue weighted by molar-refractivity contribution is 6.31. The third kappa shape index (κ3) is 3.50. The molecular weight excluding hydrogens is 298 g/mol. The molecule has 21 heavy (non-hydrogen) atoms. The van der Waals surface area contributed by atoms with Gasteiger partial charge in [0.1, 0.15) is 6.04 Å². The van der Waals surface area contributed by atoms with E-state index in [2.05, 4.69) is 5.32 Å². The predicted octanol–water partition coefficient (Wildman–Crippen LogP) is -0.176. The first kappa shape index (κ1) is 15.3. The smallest absolute Gasteiger partial charge is 0.322 e. The Morgan fingerprint density at radius 2 is 2.19 bits per heavy atom. The molecule has 1 atom stereocenters. The number of carboxylic acid groups (broad SMARTS) is 1. The lowest BCUT2D eigenvalue weighted by Crippen LogP contribution is -2.56. The number of carbonyl (C=O) groups is 3. The normalized spacial score (nSPS) is 19.1. The van der Waals surface area contributed by atoms with Gasteiger partial charge in [0.25, 0.3) is 0 Å². The van der Waals surface area contributed by atoms with Gasteiger partial charge in [-0.25, -0.2) is 0 Å². The second kappa shape index (κ2) is 6.11. The van der Waals surface area contributed by atoms with Gasteiger partial charge in [0.2, 0.25) is 11.8 Å². The van der Waals surface area contributed by atoms with Crippen LogP contribution in [0.4, 0.5) is 0 Å². The van der Waals surface area contributed by atoms with Gasteiger partial charge in [0.05, 0.1) is 6.54 Å². The molecule has 1 aliphatic rings. The number of halogens is 1. The van der Waals surface area contributed by atoms with E-state index in [0.717, 1.165) is 0 Å². The molecular formula is C13H14ClN3O4. The van der Waals surface area contributed by atoms with Gasteiger partial charge in [-0.3, -0.25) is 19.3 Å². The largest absolute Gasteiger partial charge is 0.480 e. The number of carbonyl (C=O) groups excluding carboxylic acids is 2. The van der Waals surface area contributed by atoms with E-state index in [1.807, 2.05) is 0 Å². The van der Waals surface area contributed by atoms with Gasteiger partial charge in [-0.15, -0.1) is 0 Å². The van der Waals surface area contributed by atoms with Gasteiger partial charge in [-0.2, -0.15) is 0 Å². The number of nitrogens with one attached hydrogen (secondary N) is 1. The van der Waals surface area contributed by atoms with Crippen LogP contribution in [-0.4, -0.2) is 46.9 Å². The fraction of sp³-hybridized carbons (Fsp3) is 0.308. The Morgan fingerprint density at radius 1 is 1.48 bits per heavy atom. The summed E-state index contributed by atoms with van der Waals surface area (Å²) in [6.45, 7) is 0.221. The molecule has 0 aliphatic carbocycles. The fourth-order valence-electron chi connectivity index (χ4n) is 2.15. The number of rotatable bonds is 4. The summed E-state index contributed by atoms with van der Waals surface area (Å²) in [7, 11) is 0. The zero-order valence-corrected chi connectivity index (χ0v) is 11.8. The SMILES string of the molecule is NC(=O)c1ccc(CN2CC(=O)NCC2C(=O)O)c(Cl)c1. The zero-order chi connectivity index (χ0) is 15.6. The molecule has 2 amide bonds. The first-order valence-corrected chi connectivity index (χ1v) is 6.58. The predicted molar refractivity (Wildman–Crippen MR) is 74.8 cm³/mol. The third-order valence-corrected chi connectivity index (χ3v) is 3.63. The lowest BCUT2D eigenvalue weighted by molar-refractivity contribution is -0.146. The molecule has 4 N–H and O–H groups in total. The molecule has 7 nitrogen and oxygen atoms in total. The van der Waals surface area contributed by atoms with E-state index in [9.17, 15) is 19.5 Å². The molecule has 1 saturated heterocycles. The summed E-state index contributed by atoms with van der Waals surface area (Å²) in [5, 5.41) is 12.0. The van der Waals surface area contributed by atoms with Crippen molar-refractivity contribution in [3.05, 3.63) is 34.3 Å². The highest BCUT2D eigenvalue weighted by Gasteiger charge is 2.32. The van der Waals surface area contributed by atoms with Gasteiger partial charge < -0.3 is 16.2 Å². The van der Waals surface area contributed by atoms with Crippen molar-refractivity contribution in [1.82, 2.24) is 10.2 Å². The molecule has 1 aromatic carbocycles. The van der Waals surface area contributed by atoms with Gasteiger partial charge >= 0.3 is 5.97 Å². The van der Waals surface area contributed by atoms with Crippen molar-refractivity contribution in [1.29, 1.82) is 0 Å². The molecule has 0 saturated carbocycles. The number of aliphatic carboxylic acids is 1. The Kier molecular flexibility index (Phi) is 4.44. The monoisotopic (exact) mass is 311 g/mol. The highest BCUT2D eigenvalue weighted by atomic mass is 35.5. The molecule has 112 valence electrons. The van der Waals surface area contributed by atoms with E-state index in [1.165, 1.54) is 17.0 Å². The molecule has 0 radical (unpaired) electrons. The van der Waals surface area contributed by atoms with Gasteiger partial charge in [0.15, 0.2) is 0 Å². The zero-order valence-electron chi connectivity index (χ0n) is 11.0. The lowest BCUT2D eigenvalue weighted by atomic mass is 10.1. The Morgan fingerprint density at radius 3 is 2.76 bits per heavy atom. The first-order valence-electron chi connectivity index (χ1n) is 6.20. The number of amides is 2. The molecule has 1 unspecified atom stereocenters. The average molecular weight is 312 g/mol. The van der Waals surface area contributed by atoms with Crippen molar-refractivity contribution in [2.45, 2.75) is 12.6 Å². The number of piperazine rings is 1. The van der Waals surface area contributed by atoms with E-state index < -0.39 is 17.9 Å². The minimum atomic E-state index is -1.01. The van der Waals surface area contributed by atoms with E-state index in [4.69, 9.17) is 17.3 Å². The van der Waals surface area contributed by atoms with Crippen molar-refractivity contribution < 1.29 is 19.5 Å². The molecule has 0 bridgehead atoms. The maximum atomic E-state index is 11.4. The van der Waals surface area contributed by atoms with Crippen LogP contribution >= 0.6 is 11.6 Å². The van der Waals surface area contributed by atoms with Crippen molar-refractivity contribution in [3.63, 3.8) is 0 Å². The van der Waals surface area contributed by atoms with Crippen molar-refractivity contribution in [2.75, 3.05) is 13.1 Å². The van der Waals surface area contributed by atoms with Gasteiger partial charge in [-0.05, 0) is 17.7 Å². The van der Waals surface area contributed by atoms with Crippen LogP contribution < -0.4 is 11.1 Å². The minimum absolute atomic E-state index is 0.0229. The Hall–Kier alpha value is -2.12. The molecule has 0 spiro atoms. The summed E-state index contributed by atoms with van der Waals surface area (Å²) in [4.78, 5) is 35.2. The second-order valence-electron chi connectivity index (χ2n) is 4.73. The van der Waals surface area contributed by atoms with Crippen LogP contribution in [0.1, 0.15) is 15.9 Å². The highest BCUT2D eigenvalue weighted by Crippen LogP contribution is 2.21. The first-order chi connectivity index (χ1) is 9.88. The Bertz CT molecular complexity index is 605. The molecule has 1 heterocycles.